The summed E-state index contributed by atoms with van der Waals surface area (Å²) in [5, 5.41) is 3.76. The molecule has 0 aliphatic heterocycles. The van der Waals surface area contributed by atoms with Crippen LogP contribution in [0.3, 0.4) is 0 Å². The number of aromatic nitrogens is 2. The average Bonchev–Trinajstić information content (AvgIpc) is 3.17. The van der Waals surface area contributed by atoms with Crippen LogP contribution in [-0.4, -0.2) is 21.5 Å². The van der Waals surface area contributed by atoms with Gasteiger partial charge in [0.15, 0.2) is 15.8 Å². The molecule has 0 spiro atoms. The standard InChI is InChI=1S/C20H26N2O2S2/c1-2-15(23)8-6-4-3-5-7-9-16(24)17-18(14-10-11-14)26-20(22-17)19-21-12-13-25-19/h12-14H,2-11H2,1H3. The summed E-state index contributed by atoms with van der Waals surface area (Å²) in [7, 11) is 0. The number of nitrogens with zero attached hydrogens (tertiary/aromatic N) is 2. The lowest BCUT2D eigenvalue weighted by atomic mass is 10.0. The molecule has 0 N–H and O–H groups in total. The van der Waals surface area contributed by atoms with Crippen LogP contribution in [0.25, 0.3) is 10.0 Å². The molecular formula is C20H26N2O2S2. The van der Waals surface area contributed by atoms with Gasteiger partial charge in [0, 0.05) is 35.7 Å². The molecule has 26 heavy (non-hydrogen) atoms. The Hall–Kier alpha value is -1.40. The van der Waals surface area contributed by atoms with Gasteiger partial charge in [-0.05, 0) is 31.6 Å². The smallest absolute Gasteiger partial charge is 0.182 e. The highest BCUT2D eigenvalue weighted by molar-refractivity contribution is 7.20. The molecule has 0 saturated heterocycles. The van der Waals surface area contributed by atoms with Gasteiger partial charge in [0.2, 0.25) is 0 Å². The lowest BCUT2D eigenvalue weighted by Crippen LogP contribution is -2.02. The van der Waals surface area contributed by atoms with E-state index in [0.717, 1.165) is 42.1 Å². The Bertz CT molecular complexity index is 733. The quantitative estimate of drug-likeness (QED) is 0.327. The molecule has 2 heterocycles. The summed E-state index contributed by atoms with van der Waals surface area (Å²) in [5.41, 5.74) is 0.705. The maximum absolute atomic E-state index is 12.7. The number of thiazole rings is 2. The number of unbranched alkanes of at least 4 members (excludes halogenated alkanes) is 4. The Balaban J connectivity index is 1.46. The van der Waals surface area contributed by atoms with E-state index in [4.69, 9.17) is 0 Å². The first-order valence-electron chi connectivity index (χ1n) is 9.64. The maximum atomic E-state index is 12.7. The normalized spacial score (nSPS) is 13.9. The fourth-order valence-electron chi connectivity index (χ4n) is 3.01. The van der Waals surface area contributed by atoms with Crippen LogP contribution in [0.1, 0.15) is 92.4 Å². The Morgan fingerprint density at radius 3 is 2.46 bits per heavy atom. The first-order valence-corrected chi connectivity index (χ1v) is 11.3. The second kappa shape index (κ2) is 9.51. The summed E-state index contributed by atoms with van der Waals surface area (Å²) in [4.78, 5) is 34.1. The second-order valence-electron chi connectivity index (χ2n) is 6.93. The van der Waals surface area contributed by atoms with E-state index in [-0.39, 0.29) is 5.78 Å². The maximum Gasteiger partial charge on any atom is 0.182 e. The molecule has 1 fully saturated rings. The van der Waals surface area contributed by atoms with Crippen molar-refractivity contribution in [1.29, 1.82) is 0 Å². The van der Waals surface area contributed by atoms with Gasteiger partial charge < -0.3 is 0 Å². The summed E-state index contributed by atoms with van der Waals surface area (Å²) >= 11 is 3.23. The van der Waals surface area contributed by atoms with E-state index in [2.05, 4.69) is 9.97 Å². The minimum absolute atomic E-state index is 0.187. The van der Waals surface area contributed by atoms with E-state index in [9.17, 15) is 9.59 Å². The van der Waals surface area contributed by atoms with E-state index in [1.807, 2.05) is 12.3 Å². The van der Waals surface area contributed by atoms with Gasteiger partial charge >= 0.3 is 0 Å². The average molecular weight is 391 g/mol. The topological polar surface area (TPSA) is 59.9 Å². The monoisotopic (exact) mass is 390 g/mol. The largest absolute Gasteiger partial charge is 0.300 e. The van der Waals surface area contributed by atoms with Crippen molar-refractivity contribution in [1.82, 2.24) is 9.97 Å². The van der Waals surface area contributed by atoms with Crippen LogP contribution in [-0.2, 0) is 4.79 Å². The third-order valence-electron chi connectivity index (χ3n) is 4.73. The number of rotatable bonds is 12. The van der Waals surface area contributed by atoms with E-state index in [1.165, 1.54) is 17.7 Å². The van der Waals surface area contributed by atoms with E-state index >= 15 is 0 Å². The van der Waals surface area contributed by atoms with Crippen molar-refractivity contribution in [3.05, 3.63) is 22.1 Å². The van der Waals surface area contributed by atoms with Crippen molar-refractivity contribution in [2.45, 2.75) is 77.0 Å². The Morgan fingerprint density at radius 1 is 1.08 bits per heavy atom. The number of carbonyl (C=O) groups is 2. The van der Waals surface area contributed by atoms with Crippen LogP contribution in [0, 0.1) is 0 Å². The number of ketones is 2. The summed E-state index contributed by atoms with van der Waals surface area (Å²) < 4.78 is 0. The number of hydrogen-bond donors (Lipinski definition) is 0. The summed E-state index contributed by atoms with van der Waals surface area (Å²) in [6, 6.07) is 0. The summed E-state index contributed by atoms with van der Waals surface area (Å²) in [5.74, 6) is 1.08. The van der Waals surface area contributed by atoms with Crippen LogP contribution in [0.15, 0.2) is 11.6 Å². The zero-order valence-corrected chi connectivity index (χ0v) is 17.0. The highest BCUT2D eigenvalue weighted by Gasteiger charge is 2.32. The summed E-state index contributed by atoms with van der Waals surface area (Å²) in [6.07, 6.45) is 11.2. The SMILES string of the molecule is CCC(=O)CCCCCCCC(=O)c1nc(-c2nccs2)sc1C1CC1. The first-order chi connectivity index (χ1) is 12.7. The first kappa shape index (κ1) is 19.4. The lowest BCUT2D eigenvalue weighted by Gasteiger charge is -2.02. The highest BCUT2D eigenvalue weighted by atomic mass is 32.1. The predicted molar refractivity (Wildman–Crippen MR) is 107 cm³/mol. The highest BCUT2D eigenvalue weighted by Crippen LogP contribution is 2.46. The Kier molecular flexibility index (Phi) is 7.08. The zero-order valence-electron chi connectivity index (χ0n) is 15.3. The molecule has 0 bridgehead atoms. The van der Waals surface area contributed by atoms with Crippen LogP contribution in [0.2, 0.25) is 0 Å². The molecule has 0 atom stereocenters. The minimum atomic E-state index is 0.187. The van der Waals surface area contributed by atoms with Gasteiger partial charge in [0.25, 0.3) is 0 Å². The molecule has 0 amide bonds. The van der Waals surface area contributed by atoms with Crippen molar-refractivity contribution in [3.8, 4) is 10.0 Å². The third kappa shape index (κ3) is 5.30. The van der Waals surface area contributed by atoms with E-state index in [0.29, 0.717) is 36.7 Å². The van der Waals surface area contributed by atoms with Crippen molar-refractivity contribution < 1.29 is 9.59 Å². The molecule has 1 aliphatic carbocycles. The second-order valence-corrected chi connectivity index (χ2v) is 8.85. The van der Waals surface area contributed by atoms with Crippen LogP contribution >= 0.6 is 22.7 Å². The van der Waals surface area contributed by atoms with Gasteiger partial charge in [-0.2, -0.15) is 0 Å². The molecule has 2 aromatic heterocycles. The Morgan fingerprint density at radius 2 is 1.81 bits per heavy atom. The van der Waals surface area contributed by atoms with Crippen molar-refractivity contribution >= 4 is 34.2 Å². The molecule has 1 saturated carbocycles. The molecule has 3 rings (SSSR count). The molecule has 2 aromatic rings. The molecule has 6 heteroatoms. The predicted octanol–water partition coefficient (Wildman–Crippen LogP) is 6.04. The fraction of sp³-hybridized carbons (Fsp3) is 0.600. The van der Waals surface area contributed by atoms with Crippen molar-refractivity contribution in [3.63, 3.8) is 0 Å². The number of Topliss-reactive ketones (excluding diaryl/α,β-unsaturated/α-hetero) is 2. The zero-order chi connectivity index (χ0) is 18.4. The van der Waals surface area contributed by atoms with Crippen molar-refractivity contribution in [2.24, 2.45) is 0 Å². The summed E-state index contributed by atoms with van der Waals surface area (Å²) in [6.45, 7) is 1.92. The van der Waals surface area contributed by atoms with Gasteiger partial charge in [-0.25, -0.2) is 9.97 Å². The molecular weight excluding hydrogens is 364 g/mol. The fourth-order valence-corrected chi connectivity index (χ4v) is 4.94. The van der Waals surface area contributed by atoms with Crippen LogP contribution < -0.4 is 0 Å². The number of hydrogen-bond acceptors (Lipinski definition) is 6. The van der Waals surface area contributed by atoms with E-state index in [1.54, 1.807) is 28.9 Å². The van der Waals surface area contributed by atoms with Crippen LogP contribution in [0.4, 0.5) is 0 Å². The molecule has 4 nitrogen and oxygen atoms in total. The van der Waals surface area contributed by atoms with Gasteiger partial charge in [-0.3, -0.25) is 9.59 Å². The van der Waals surface area contributed by atoms with Gasteiger partial charge in [0.05, 0.1) is 0 Å². The van der Waals surface area contributed by atoms with E-state index < -0.39 is 0 Å². The molecule has 0 aromatic carbocycles. The molecule has 1 aliphatic rings. The minimum Gasteiger partial charge on any atom is -0.300 e. The third-order valence-corrected chi connectivity index (χ3v) is 6.87. The molecule has 140 valence electrons. The van der Waals surface area contributed by atoms with Gasteiger partial charge in [-0.1, -0.05) is 26.2 Å². The van der Waals surface area contributed by atoms with Gasteiger partial charge in [-0.15, -0.1) is 22.7 Å². The lowest BCUT2D eigenvalue weighted by molar-refractivity contribution is -0.118. The molecule has 0 unspecified atom stereocenters. The van der Waals surface area contributed by atoms with Gasteiger partial charge in [0.1, 0.15) is 11.5 Å². The molecule has 0 radical (unpaired) electrons. The van der Waals surface area contributed by atoms with Crippen LogP contribution in [0.5, 0.6) is 0 Å². The Labute approximate surface area is 163 Å². The number of carbonyl (C=O) groups excluding carboxylic acids is 2. The van der Waals surface area contributed by atoms with Crippen molar-refractivity contribution in [2.75, 3.05) is 0 Å².